The number of anilines is 2. The molecule has 3 nitrogen and oxygen atoms in total. The summed E-state index contributed by atoms with van der Waals surface area (Å²) in [6.07, 6.45) is 6.46. The van der Waals surface area contributed by atoms with Crippen molar-refractivity contribution < 1.29 is 9.47 Å². The van der Waals surface area contributed by atoms with Crippen molar-refractivity contribution in [2.75, 3.05) is 4.90 Å². The summed E-state index contributed by atoms with van der Waals surface area (Å²) in [5.41, 5.74) is 18.0. The summed E-state index contributed by atoms with van der Waals surface area (Å²) in [4.78, 5) is 2.40. The monoisotopic (exact) mass is 849 g/mol. The first-order chi connectivity index (χ1) is 32.2. The topological polar surface area (TPSA) is 21.7 Å². The number of benzene rings is 9. The fourth-order valence-electron chi connectivity index (χ4n) is 11.3. The average Bonchev–Trinajstić information content (AvgIpc) is 4.00. The van der Waals surface area contributed by atoms with Crippen LogP contribution in [0.5, 0.6) is 23.0 Å². The zero-order chi connectivity index (χ0) is 42.6. The number of rotatable bonds is 5. The fraction of sp³-hybridized carbons (Fsp3) is 0.0492. The minimum absolute atomic E-state index is 0.470. The number of ether oxygens (including phenoxy) is 2. The van der Waals surface area contributed by atoms with Crippen LogP contribution in [0.15, 0.2) is 218 Å². The highest BCUT2D eigenvalue weighted by Gasteiger charge is 2.52. The molecule has 3 aliphatic carbocycles. The number of allylic oxidation sites excluding steroid dienone is 4. The van der Waals surface area contributed by atoms with Crippen LogP contribution in [-0.2, 0) is 5.41 Å². The summed E-state index contributed by atoms with van der Waals surface area (Å²) in [5.74, 6) is 2.84. The summed E-state index contributed by atoms with van der Waals surface area (Å²) in [5, 5.41) is 2.66. The van der Waals surface area contributed by atoms with E-state index in [9.17, 15) is 0 Å². The van der Waals surface area contributed by atoms with Crippen LogP contribution < -0.4 is 14.4 Å². The van der Waals surface area contributed by atoms with Gasteiger partial charge in [0.15, 0.2) is 23.0 Å². The van der Waals surface area contributed by atoms with E-state index in [1.54, 1.807) is 0 Å². The van der Waals surface area contributed by atoms with Crippen LogP contribution in [-0.4, -0.2) is 0 Å². The van der Waals surface area contributed by atoms with Gasteiger partial charge in [-0.1, -0.05) is 158 Å². The molecule has 1 aromatic heterocycles. The molecule has 0 unspecified atom stereocenters. The smallest absolute Gasteiger partial charge is 0.172 e. The van der Waals surface area contributed by atoms with Gasteiger partial charge in [0.05, 0.1) is 5.41 Å². The van der Waals surface area contributed by atoms with E-state index in [0.717, 1.165) is 35.7 Å². The molecule has 0 fully saturated rings. The number of thiophene rings is 1. The Bertz CT molecular complexity index is 3640. The summed E-state index contributed by atoms with van der Waals surface area (Å²) >= 11 is 1.90. The minimum Gasteiger partial charge on any atom is -0.449 e. The van der Waals surface area contributed by atoms with Crippen LogP contribution in [0.25, 0.3) is 59.1 Å². The van der Waals surface area contributed by atoms with Gasteiger partial charge in [-0.25, -0.2) is 0 Å². The van der Waals surface area contributed by atoms with Gasteiger partial charge >= 0.3 is 0 Å². The van der Waals surface area contributed by atoms with Gasteiger partial charge in [0, 0.05) is 43.3 Å². The molecule has 4 heteroatoms. The van der Waals surface area contributed by atoms with Gasteiger partial charge in [0.2, 0.25) is 0 Å². The van der Waals surface area contributed by atoms with E-state index >= 15 is 0 Å². The highest BCUT2D eigenvalue weighted by molar-refractivity contribution is 7.26. The van der Waals surface area contributed by atoms with Crippen LogP contribution in [0.2, 0.25) is 0 Å². The molecule has 10 aromatic rings. The van der Waals surface area contributed by atoms with Crippen molar-refractivity contribution in [2.24, 2.45) is 0 Å². The molecule has 1 spiro atoms. The highest BCUT2D eigenvalue weighted by atomic mass is 32.1. The molecule has 0 atom stereocenters. The predicted octanol–water partition coefficient (Wildman–Crippen LogP) is 16.9. The molecular formula is C61H39NO2S. The molecular weight excluding hydrogens is 811 g/mol. The van der Waals surface area contributed by atoms with E-state index in [2.05, 4.69) is 217 Å². The molecule has 1 aliphatic heterocycles. The molecule has 0 bridgehead atoms. The molecule has 0 saturated carbocycles. The Morgan fingerprint density at radius 3 is 1.77 bits per heavy atom. The lowest BCUT2D eigenvalue weighted by Gasteiger charge is -2.32. The summed E-state index contributed by atoms with van der Waals surface area (Å²) < 4.78 is 16.6. The largest absolute Gasteiger partial charge is 0.449 e. The minimum atomic E-state index is -0.470. The second-order valence-electron chi connectivity index (χ2n) is 17.4. The summed E-state index contributed by atoms with van der Waals surface area (Å²) in [6, 6.07) is 72.6. The molecule has 0 amide bonds. The molecule has 0 N–H and O–H groups in total. The van der Waals surface area contributed by atoms with Crippen LogP contribution in [0, 0.1) is 0 Å². The lowest BCUT2D eigenvalue weighted by atomic mass is 9.70. The highest BCUT2D eigenvalue weighted by Crippen LogP contribution is 2.64. The van der Waals surface area contributed by atoms with E-state index < -0.39 is 5.41 Å². The van der Waals surface area contributed by atoms with Gasteiger partial charge in [0.25, 0.3) is 0 Å². The van der Waals surface area contributed by atoms with Gasteiger partial charge in [-0.05, 0) is 128 Å². The quantitative estimate of drug-likeness (QED) is 0.172. The molecule has 9 aromatic carbocycles. The Labute approximate surface area is 381 Å². The van der Waals surface area contributed by atoms with Gasteiger partial charge < -0.3 is 14.4 Å². The lowest BCUT2D eigenvalue weighted by Crippen LogP contribution is -2.25. The third-order valence-corrected chi connectivity index (χ3v) is 15.3. The molecule has 14 rings (SSSR count). The van der Waals surface area contributed by atoms with Gasteiger partial charge in [-0.2, -0.15) is 0 Å². The van der Waals surface area contributed by atoms with Gasteiger partial charge in [-0.3, -0.25) is 0 Å². The molecule has 306 valence electrons. The Morgan fingerprint density at radius 1 is 0.400 bits per heavy atom. The van der Waals surface area contributed by atoms with Gasteiger partial charge in [0.1, 0.15) is 0 Å². The first kappa shape index (κ1) is 36.6. The standard InChI is InChI=1S/C61H39NO2S/c1-2-14-38(15-3-1)40-16-12-17-42(34-40)62(41-30-28-39(29-31-41)44-22-13-23-49-48-21-7-11-27-59(48)65-60(44)49)43-32-33-55-56(35-43)64-58-37-54-50(36-57(58)63-55)47-20-6-10-26-53(47)61(54)51-24-8-4-18-45(51)46-19-5-9-25-52(46)61/h1-28,30,32-37H,29,31H2. The Hall–Kier alpha value is -7.92. The third-order valence-electron chi connectivity index (χ3n) is 14.1. The van der Waals surface area contributed by atoms with Gasteiger partial charge in [-0.15, -0.1) is 11.3 Å². The maximum absolute atomic E-state index is 7.05. The Morgan fingerprint density at radius 2 is 1.00 bits per heavy atom. The van der Waals surface area contributed by atoms with E-state index in [4.69, 9.17) is 9.47 Å². The van der Waals surface area contributed by atoms with Crippen LogP contribution in [0.4, 0.5) is 11.4 Å². The summed E-state index contributed by atoms with van der Waals surface area (Å²) in [6.45, 7) is 0. The van der Waals surface area contributed by atoms with E-state index in [1.807, 2.05) is 11.3 Å². The van der Waals surface area contributed by atoms with Crippen molar-refractivity contribution in [3.63, 3.8) is 0 Å². The van der Waals surface area contributed by atoms with Crippen molar-refractivity contribution in [1.82, 2.24) is 0 Å². The first-order valence-corrected chi connectivity index (χ1v) is 23.3. The summed E-state index contributed by atoms with van der Waals surface area (Å²) in [7, 11) is 0. The van der Waals surface area contributed by atoms with Crippen LogP contribution in [0.1, 0.15) is 40.7 Å². The van der Waals surface area contributed by atoms with E-state index in [-0.39, 0.29) is 0 Å². The molecule has 4 aliphatic rings. The number of hydrogen-bond acceptors (Lipinski definition) is 4. The maximum Gasteiger partial charge on any atom is 0.172 e. The normalized spacial score (nSPS) is 14.6. The van der Waals surface area contributed by atoms with Crippen LogP contribution in [0.3, 0.4) is 0 Å². The number of hydrogen-bond donors (Lipinski definition) is 0. The molecule has 65 heavy (non-hydrogen) atoms. The SMILES string of the molecule is C1=C(c2cccc3c2sc2ccccc23)CCC(N(c2cccc(-c3ccccc3)c2)c2ccc3c(c2)Oc2cc4c(cc2O3)-c2ccccc2C42c3ccccc3-c3ccccc32)=C1. The fourth-order valence-corrected chi connectivity index (χ4v) is 12.5. The first-order valence-electron chi connectivity index (χ1n) is 22.4. The maximum atomic E-state index is 7.05. The zero-order valence-electron chi connectivity index (χ0n) is 35.3. The Kier molecular flexibility index (Phi) is 7.90. The van der Waals surface area contributed by atoms with E-state index in [1.165, 1.54) is 92.6 Å². The predicted molar refractivity (Wildman–Crippen MR) is 268 cm³/mol. The van der Waals surface area contributed by atoms with Crippen molar-refractivity contribution in [1.29, 1.82) is 0 Å². The van der Waals surface area contributed by atoms with Crippen molar-refractivity contribution in [3.05, 3.63) is 246 Å². The van der Waals surface area contributed by atoms with Crippen molar-refractivity contribution in [2.45, 2.75) is 18.3 Å². The second-order valence-corrected chi connectivity index (χ2v) is 18.5. The molecule has 0 radical (unpaired) electrons. The van der Waals surface area contributed by atoms with Crippen molar-refractivity contribution in [3.8, 4) is 56.4 Å². The second kappa shape index (κ2) is 14.0. The molecule has 2 heterocycles. The lowest BCUT2D eigenvalue weighted by molar-refractivity contribution is 0.359. The number of nitrogens with zero attached hydrogens (tertiary/aromatic N) is 1. The van der Waals surface area contributed by atoms with E-state index in [0.29, 0.717) is 11.5 Å². The zero-order valence-corrected chi connectivity index (χ0v) is 36.1. The van der Waals surface area contributed by atoms with Crippen molar-refractivity contribution >= 4 is 48.5 Å². The molecule has 0 saturated heterocycles. The number of fused-ring (bicyclic) bond motifs is 15. The third kappa shape index (κ3) is 5.35. The van der Waals surface area contributed by atoms with Crippen LogP contribution >= 0.6 is 11.3 Å². The average molecular weight is 850 g/mol. The Balaban J connectivity index is 0.887.